The van der Waals surface area contributed by atoms with Crippen LogP contribution >= 0.6 is 34.2 Å². The molecule has 1 amide bonds. The molecule has 0 bridgehead atoms. The van der Waals surface area contributed by atoms with Gasteiger partial charge in [0.1, 0.15) is 0 Å². The highest BCUT2D eigenvalue weighted by Crippen LogP contribution is 2.31. The van der Waals surface area contributed by atoms with Gasteiger partial charge in [-0.15, -0.1) is 0 Å². The number of hydrogen-bond donors (Lipinski definition) is 0. The second kappa shape index (κ2) is 6.42. The molecule has 0 spiro atoms. The van der Waals surface area contributed by atoms with E-state index >= 15 is 0 Å². The normalized spacial score (nSPS) is 26.5. The molecule has 0 N–H and O–H groups in total. The molecule has 2 saturated heterocycles. The van der Waals surface area contributed by atoms with Crippen molar-refractivity contribution in [3.05, 3.63) is 32.4 Å². The Labute approximate surface area is 144 Å². The van der Waals surface area contributed by atoms with Gasteiger partial charge >= 0.3 is 0 Å². The lowest BCUT2D eigenvalue weighted by Crippen LogP contribution is -2.54. The monoisotopic (exact) mass is 418 g/mol. The van der Waals surface area contributed by atoms with E-state index in [2.05, 4.69) is 34.5 Å². The fourth-order valence-electron chi connectivity index (χ4n) is 3.67. The maximum atomic E-state index is 12.8. The highest BCUT2D eigenvalue weighted by atomic mass is 127. The Balaban J connectivity index is 1.76. The Bertz CT molecular complexity index is 551. The van der Waals surface area contributed by atoms with Gasteiger partial charge in [-0.25, -0.2) is 0 Å². The van der Waals surface area contributed by atoms with Crippen molar-refractivity contribution in [2.75, 3.05) is 26.7 Å². The molecule has 5 heteroatoms. The lowest BCUT2D eigenvalue weighted by molar-refractivity contribution is 0.0316. The van der Waals surface area contributed by atoms with Crippen molar-refractivity contribution in [2.24, 2.45) is 5.92 Å². The quantitative estimate of drug-likeness (QED) is 0.652. The number of halogens is 2. The van der Waals surface area contributed by atoms with Gasteiger partial charge in [-0.2, -0.15) is 0 Å². The first-order valence-electron chi connectivity index (χ1n) is 7.51. The van der Waals surface area contributed by atoms with E-state index in [1.54, 1.807) is 6.07 Å². The molecule has 2 aliphatic heterocycles. The first-order valence-corrected chi connectivity index (χ1v) is 8.96. The molecule has 0 saturated carbocycles. The predicted molar refractivity (Wildman–Crippen MR) is 93.8 cm³/mol. The Hall–Kier alpha value is -0.330. The van der Waals surface area contributed by atoms with Gasteiger partial charge in [0.15, 0.2) is 0 Å². The Morgan fingerprint density at radius 3 is 2.95 bits per heavy atom. The molecule has 2 atom stereocenters. The maximum absolute atomic E-state index is 12.8. The number of piperidine rings is 2. The van der Waals surface area contributed by atoms with E-state index in [1.165, 1.54) is 19.4 Å². The molecule has 2 unspecified atom stereocenters. The van der Waals surface area contributed by atoms with Crippen LogP contribution in [0.1, 0.15) is 29.6 Å². The van der Waals surface area contributed by atoms with Gasteiger partial charge in [0.2, 0.25) is 0 Å². The largest absolute Gasteiger partial charge is 0.338 e. The summed E-state index contributed by atoms with van der Waals surface area (Å²) in [6.45, 7) is 2.94. The van der Waals surface area contributed by atoms with Crippen LogP contribution in [0, 0.1) is 9.49 Å². The highest BCUT2D eigenvalue weighted by Gasteiger charge is 2.36. The molecule has 2 heterocycles. The van der Waals surface area contributed by atoms with Crippen molar-refractivity contribution in [3.63, 3.8) is 0 Å². The van der Waals surface area contributed by atoms with Crippen molar-refractivity contribution in [3.8, 4) is 0 Å². The third kappa shape index (κ3) is 3.22. The Morgan fingerprint density at radius 1 is 1.33 bits per heavy atom. The highest BCUT2D eigenvalue weighted by molar-refractivity contribution is 14.1. The van der Waals surface area contributed by atoms with Crippen molar-refractivity contribution < 1.29 is 4.79 Å². The number of benzene rings is 1. The predicted octanol–water partition coefficient (Wildman–Crippen LogP) is 3.50. The first-order chi connectivity index (χ1) is 10.1. The molecule has 0 aliphatic carbocycles. The minimum absolute atomic E-state index is 0.133. The van der Waals surface area contributed by atoms with Gasteiger partial charge in [0.25, 0.3) is 5.91 Å². The van der Waals surface area contributed by atoms with Crippen molar-refractivity contribution in [1.29, 1.82) is 0 Å². The van der Waals surface area contributed by atoms with Crippen molar-refractivity contribution in [1.82, 2.24) is 9.80 Å². The summed E-state index contributed by atoms with van der Waals surface area (Å²) < 4.78 is 0.977. The van der Waals surface area contributed by atoms with Crippen LogP contribution in [-0.4, -0.2) is 48.4 Å². The zero-order valence-corrected chi connectivity index (χ0v) is 15.1. The second-order valence-corrected chi connectivity index (χ2v) is 7.71. The second-order valence-electron chi connectivity index (χ2n) is 6.11. The van der Waals surface area contributed by atoms with E-state index < -0.39 is 0 Å². The van der Waals surface area contributed by atoms with Crippen LogP contribution in [0.4, 0.5) is 0 Å². The first kappa shape index (κ1) is 15.6. The summed E-state index contributed by atoms with van der Waals surface area (Å²) in [7, 11) is 2.22. The summed E-state index contributed by atoms with van der Waals surface area (Å²) in [6, 6.07) is 6.20. The number of fused-ring (bicyclic) bond motifs is 1. The molecule has 2 fully saturated rings. The Kier molecular flexibility index (Phi) is 4.76. The Morgan fingerprint density at radius 2 is 2.14 bits per heavy atom. The van der Waals surface area contributed by atoms with Crippen LogP contribution in [0.15, 0.2) is 18.2 Å². The van der Waals surface area contributed by atoms with Gasteiger partial charge in [0.05, 0.1) is 5.56 Å². The standard InChI is InChI=1S/C16H20ClIN2O/c1-19-7-2-3-11-10-20(8-6-15(11)19)16(21)13-9-12(17)4-5-14(13)18/h4-5,9,11,15H,2-3,6-8,10H2,1H3. The fraction of sp³-hybridized carbons (Fsp3) is 0.562. The summed E-state index contributed by atoms with van der Waals surface area (Å²) in [6.07, 6.45) is 3.57. The van der Waals surface area contributed by atoms with E-state index in [9.17, 15) is 4.79 Å². The molecular formula is C16H20ClIN2O. The van der Waals surface area contributed by atoms with Gasteiger partial charge < -0.3 is 9.80 Å². The molecule has 3 rings (SSSR count). The molecule has 1 aromatic carbocycles. The summed E-state index contributed by atoms with van der Waals surface area (Å²) in [5.74, 6) is 0.756. The third-order valence-corrected chi connectivity index (χ3v) is 5.97. The number of likely N-dealkylation sites (tertiary alicyclic amines) is 2. The summed E-state index contributed by atoms with van der Waals surface area (Å²) in [5.41, 5.74) is 0.741. The fourth-order valence-corrected chi connectivity index (χ4v) is 4.41. The number of carbonyl (C=O) groups is 1. The van der Waals surface area contributed by atoms with Crippen LogP contribution in [0.2, 0.25) is 5.02 Å². The van der Waals surface area contributed by atoms with E-state index in [1.807, 2.05) is 17.0 Å². The zero-order valence-electron chi connectivity index (χ0n) is 12.2. The maximum Gasteiger partial charge on any atom is 0.254 e. The number of hydrogen-bond acceptors (Lipinski definition) is 2. The van der Waals surface area contributed by atoms with Crippen molar-refractivity contribution >= 4 is 40.1 Å². The lowest BCUT2D eigenvalue weighted by atomic mass is 9.84. The van der Waals surface area contributed by atoms with Gasteiger partial charge in [-0.05, 0) is 79.6 Å². The van der Waals surface area contributed by atoms with E-state index in [0.29, 0.717) is 17.0 Å². The van der Waals surface area contributed by atoms with Crippen LogP contribution < -0.4 is 0 Å². The van der Waals surface area contributed by atoms with Gasteiger partial charge in [0, 0.05) is 27.7 Å². The van der Waals surface area contributed by atoms with Gasteiger partial charge in [-0.3, -0.25) is 4.79 Å². The summed E-state index contributed by atoms with van der Waals surface area (Å²) >= 11 is 8.26. The van der Waals surface area contributed by atoms with Crippen LogP contribution in [0.3, 0.4) is 0 Å². The van der Waals surface area contributed by atoms with E-state index in [4.69, 9.17) is 11.6 Å². The van der Waals surface area contributed by atoms with Crippen molar-refractivity contribution in [2.45, 2.75) is 25.3 Å². The molecule has 0 radical (unpaired) electrons. The average Bonchev–Trinajstić information content (AvgIpc) is 2.49. The number of carbonyl (C=O) groups excluding carboxylic acids is 1. The molecule has 114 valence electrons. The van der Waals surface area contributed by atoms with Gasteiger partial charge in [-0.1, -0.05) is 11.6 Å². The van der Waals surface area contributed by atoms with E-state index in [0.717, 1.165) is 28.6 Å². The van der Waals surface area contributed by atoms with Crippen LogP contribution in [0.25, 0.3) is 0 Å². The molecule has 0 aromatic heterocycles. The molecule has 3 nitrogen and oxygen atoms in total. The zero-order chi connectivity index (χ0) is 15.0. The smallest absolute Gasteiger partial charge is 0.254 e. The minimum atomic E-state index is 0.133. The minimum Gasteiger partial charge on any atom is -0.338 e. The SMILES string of the molecule is CN1CCCC2CN(C(=O)c3cc(Cl)ccc3I)CCC21. The molecule has 1 aromatic rings. The summed E-state index contributed by atoms with van der Waals surface area (Å²) in [4.78, 5) is 17.3. The number of amides is 1. The lowest BCUT2D eigenvalue weighted by Gasteiger charge is -2.46. The molecule has 21 heavy (non-hydrogen) atoms. The average molecular weight is 419 g/mol. The number of nitrogens with zero attached hydrogens (tertiary/aromatic N) is 2. The van der Waals surface area contributed by atoms with E-state index in [-0.39, 0.29) is 5.91 Å². The van der Waals surface area contributed by atoms with Crippen LogP contribution in [-0.2, 0) is 0 Å². The molecule has 2 aliphatic rings. The topological polar surface area (TPSA) is 23.6 Å². The molecular weight excluding hydrogens is 399 g/mol. The van der Waals surface area contributed by atoms with Crippen LogP contribution in [0.5, 0.6) is 0 Å². The number of rotatable bonds is 1. The third-order valence-electron chi connectivity index (χ3n) is 4.79. The summed E-state index contributed by atoms with van der Waals surface area (Å²) in [5, 5.41) is 0.631.